The summed E-state index contributed by atoms with van der Waals surface area (Å²) in [4.78, 5) is 8.06. The van der Waals surface area contributed by atoms with Gasteiger partial charge in [0.25, 0.3) is 0 Å². The van der Waals surface area contributed by atoms with Crippen molar-refractivity contribution in [3.8, 4) is 0 Å². The van der Waals surface area contributed by atoms with Crippen molar-refractivity contribution in [1.82, 2.24) is 20.2 Å². The van der Waals surface area contributed by atoms with E-state index in [1.54, 1.807) is 20.0 Å². The predicted molar refractivity (Wildman–Crippen MR) is 57.9 cm³/mol. The number of aryl methyl sites for hydroxylation is 1. The normalized spacial score (nSPS) is 10.1. The Morgan fingerprint density at radius 2 is 2.06 bits per heavy atom. The summed E-state index contributed by atoms with van der Waals surface area (Å²) in [5, 5.41) is 13.6. The van der Waals surface area contributed by atoms with Crippen LogP contribution in [-0.2, 0) is 6.54 Å². The predicted octanol–water partition coefficient (Wildman–Crippen LogP) is 0.822. The van der Waals surface area contributed by atoms with Crippen LogP contribution >= 0.6 is 0 Å². The van der Waals surface area contributed by atoms with E-state index < -0.39 is 0 Å². The molecule has 2 heterocycles. The molecule has 0 aliphatic heterocycles. The van der Waals surface area contributed by atoms with Crippen LogP contribution in [0.1, 0.15) is 11.8 Å². The molecule has 0 bridgehead atoms. The van der Waals surface area contributed by atoms with Crippen LogP contribution in [0.25, 0.3) is 0 Å². The van der Waals surface area contributed by atoms with Crippen molar-refractivity contribution in [3.63, 3.8) is 0 Å². The van der Waals surface area contributed by atoms with E-state index in [0.29, 0.717) is 24.1 Å². The first-order valence-electron chi connectivity index (χ1n) is 4.80. The molecule has 2 N–H and O–H groups in total. The van der Waals surface area contributed by atoms with Crippen molar-refractivity contribution in [2.45, 2.75) is 13.5 Å². The maximum atomic E-state index is 5.22. The number of anilines is 2. The van der Waals surface area contributed by atoms with E-state index in [1.807, 2.05) is 0 Å². The number of nitrogens with zero attached hydrogens (tertiary/aromatic N) is 4. The standard InChI is InChI=1S/C9H12N6O/c1-6-14-15-9(16-6)4-11-8-3-7(10-2)12-5-13-8/h3,5H,4H2,1-2H3,(H2,10,11,12,13). The average Bonchev–Trinajstić information content (AvgIpc) is 2.73. The second-order valence-electron chi connectivity index (χ2n) is 3.11. The topological polar surface area (TPSA) is 88.8 Å². The first-order chi connectivity index (χ1) is 7.78. The van der Waals surface area contributed by atoms with Crippen molar-refractivity contribution >= 4 is 11.6 Å². The fourth-order valence-corrected chi connectivity index (χ4v) is 1.17. The molecule has 0 saturated heterocycles. The third-order valence-electron chi connectivity index (χ3n) is 1.91. The second kappa shape index (κ2) is 4.56. The third kappa shape index (κ3) is 2.44. The number of hydrogen-bond acceptors (Lipinski definition) is 7. The molecule has 84 valence electrons. The molecule has 0 atom stereocenters. The van der Waals surface area contributed by atoms with Gasteiger partial charge in [0.15, 0.2) is 0 Å². The van der Waals surface area contributed by atoms with Gasteiger partial charge in [-0.1, -0.05) is 0 Å². The zero-order chi connectivity index (χ0) is 11.4. The molecule has 7 nitrogen and oxygen atoms in total. The van der Waals surface area contributed by atoms with E-state index in [9.17, 15) is 0 Å². The molecule has 0 fully saturated rings. The molecule has 0 radical (unpaired) electrons. The third-order valence-corrected chi connectivity index (χ3v) is 1.91. The van der Waals surface area contributed by atoms with Gasteiger partial charge in [-0.25, -0.2) is 9.97 Å². The molecule has 0 saturated carbocycles. The van der Waals surface area contributed by atoms with Crippen LogP contribution in [0.3, 0.4) is 0 Å². The van der Waals surface area contributed by atoms with E-state index >= 15 is 0 Å². The number of rotatable bonds is 4. The summed E-state index contributed by atoms with van der Waals surface area (Å²) >= 11 is 0. The molecule has 0 spiro atoms. The van der Waals surface area contributed by atoms with Crippen LogP contribution in [0.2, 0.25) is 0 Å². The Kier molecular flexibility index (Phi) is 2.95. The maximum absolute atomic E-state index is 5.22. The van der Waals surface area contributed by atoms with Gasteiger partial charge in [-0.2, -0.15) is 0 Å². The summed E-state index contributed by atoms with van der Waals surface area (Å²) in [6.07, 6.45) is 1.48. The molecule has 16 heavy (non-hydrogen) atoms. The van der Waals surface area contributed by atoms with Crippen LogP contribution in [0.15, 0.2) is 16.8 Å². The van der Waals surface area contributed by atoms with Crippen molar-refractivity contribution in [1.29, 1.82) is 0 Å². The number of aromatic nitrogens is 4. The van der Waals surface area contributed by atoms with E-state index in [4.69, 9.17) is 4.42 Å². The Hall–Kier alpha value is -2.18. The molecule has 0 aliphatic carbocycles. The smallest absolute Gasteiger partial charge is 0.235 e. The minimum atomic E-state index is 0.445. The summed E-state index contributed by atoms with van der Waals surface area (Å²) in [6, 6.07) is 1.79. The first kappa shape index (κ1) is 10.3. The van der Waals surface area contributed by atoms with Gasteiger partial charge >= 0.3 is 0 Å². The Morgan fingerprint density at radius 3 is 2.75 bits per heavy atom. The van der Waals surface area contributed by atoms with Crippen molar-refractivity contribution in [2.75, 3.05) is 17.7 Å². The van der Waals surface area contributed by atoms with Crippen molar-refractivity contribution in [3.05, 3.63) is 24.2 Å². The maximum Gasteiger partial charge on any atom is 0.235 e. The van der Waals surface area contributed by atoms with E-state index in [0.717, 1.165) is 5.82 Å². The van der Waals surface area contributed by atoms with Gasteiger partial charge in [0.1, 0.15) is 18.0 Å². The summed E-state index contributed by atoms with van der Waals surface area (Å²) in [5.41, 5.74) is 0. The van der Waals surface area contributed by atoms with Crippen LogP contribution in [0.4, 0.5) is 11.6 Å². The lowest BCUT2D eigenvalue weighted by molar-refractivity contribution is 0.474. The number of hydrogen-bond donors (Lipinski definition) is 2. The van der Waals surface area contributed by atoms with Gasteiger partial charge in [-0.15, -0.1) is 10.2 Å². The fraction of sp³-hybridized carbons (Fsp3) is 0.333. The molecule has 0 aliphatic rings. The summed E-state index contributed by atoms with van der Waals surface area (Å²) in [7, 11) is 1.80. The quantitative estimate of drug-likeness (QED) is 0.788. The summed E-state index contributed by atoms with van der Waals surface area (Å²) in [5.74, 6) is 2.53. The molecule has 0 unspecified atom stereocenters. The van der Waals surface area contributed by atoms with Crippen LogP contribution in [0, 0.1) is 6.92 Å². The molecular weight excluding hydrogens is 208 g/mol. The van der Waals surface area contributed by atoms with Crippen molar-refractivity contribution < 1.29 is 4.42 Å². The van der Waals surface area contributed by atoms with E-state index in [-0.39, 0.29) is 0 Å². The Balaban J connectivity index is 1.99. The van der Waals surface area contributed by atoms with Crippen molar-refractivity contribution in [2.24, 2.45) is 0 Å². The van der Waals surface area contributed by atoms with Gasteiger partial charge in [-0.05, 0) is 0 Å². The minimum Gasteiger partial charge on any atom is -0.424 e. The van der Waals surface area contributed by atoms with Gasteiger partial charge in [0.2, 0.25) is 11.8 Å². The van der Waals surface area contributed by atoms with Gasteiger partial charge in [0.05, 0.1) is 6.54 Å². The largest absolute Gasteiger partial charge is 0.424 e. The molecule has 0 aromatic carbocycles. The zero-order valence-electron chi connectivity index (χ0n) is 9.06. The molecule has 2 aromatic rings. The lowest BCUT2D eigenvalue weighted by Crippen LogP contribution is -2.03. The summed E-state index contributed by atoms with van der Waals surface area (Å²) < 4.78 is 5.22. The summed E-state index contributed by atoms with van der Waals surface area (Å²) in [6.45, 7) is 2.20. The van der Waals surface area contributed by atoms with Crippen LogP contribution < -0.4 is 10.6 Å². The first-order valence-corrected chi connectivity index (χ1v) is 4.80. The van der Waals surface area contributed by atoms with Gasteiger partial charge < -0.3 is 15.1 Å². The monoisotopic (exact) mass is 220 g/mol. The molecule has 7 heteroatoms. The Bertz CT molecular complexity index is 469. The van der Waals surface area contributed by atoms with Gasteiger partial charge in [0, 0.05) is 20.0 Å². The Morgan fingerprint density at radius 1 is 1.25 bits per heavy atom. The van der Waals surface area contributed by atoms with E-state index in [1.165, 1.54) is 6.33 Å². The molecular formula is C9H12N6O. The van der Waals surface area contributed by atoms with Crippen LogP contribution in [0.5, 0.6) is 0 Å². The molecule has 2 aromatic heterocycles. The Labute approximate surface area is 92.3 Å². The highest BCUT2D eigenvalue weighted by Gasteiger charge is 2.02. The zero-order valence-corrected chi connectivity index (χ0v) is 9.06. The molecule has 2 rings (SSSR count). The average molecular weight is 220 g/mol. The highest BCUT2D eigenvalue weighted by molar-refractivity contribution is 5.45. The lowest BCUT2D eigenvalue weighted by Gasteiger charge is -2.03. The highest BCUT2D eigenvalue weighted by Crippen LogP contribution is 2.09. The minimum absolute atomic E-state index is 0.445. The fourth-order valence-electron chi connectivity index (χ4n) is 1.17. The highest BCUT2D eigenvalue weighted by atomic mass is 16.4. The second-order valence-corrected chi connectivity index (χ2v) is 3.11. The SMILES string of the molecule is CNc1cc(NCc2nnc(C)o2)ncn1. The number of nitrogens with one attached hydrogen (secondary N) is 2. The lowest BCUT2D eigenvalue weighted by atomic mass is 10.5. The van der Waals surface area contributed by atoms with Gasteiger partial charge in [-0.3, -0.25) is 0 Å². The van der Waals surface area contributed by atoms with E-state index in [2.05, 4.69) is 30.8 Å². The molecule has 0 amide bonds. The van der Waals surface area contributed by atoms with Crippen LogP contribution in [-0.4, -0.2) is 27.2 Å².